The number of aliphatic hydroxyl groups is 1. The molecule has 0 radical (unpaired) electrons. The van der Waals surface area contributed by atoms with Gasteiger partial charge in [-0.15, -0.1) is 0 Å². The molecule has 3 aromatic carbocycles. The van der Waals surface area contributed by atoms with E-state index in [1.807, 2.05) is 39.8 Å². The first-order valence-electron chi connectivity index (χ1n) is 13.2. The summed E-state index contributed by atoms with van der Waals surface area (Å²) < 4.78 is 10.6. The Balaban J connectivity index is 1.60. The number of aliphatic hydroxyl groups excluding tert-OH is 1. The van der Waals surface area contributed by atoms with E-state index in [-0.39, 0.29) is 18.6 Å². The lowest BCUT2D eigenvalue weighted by atomic mass is 9.85. The van der Waals surface area contributed by atoms with E-state index in [0.29, 0.717) is 22.6 Å². The largest absolute Gasteiger partial charge is 0.465 e. The Kier molecular flexibility index (Phi) is 8.67. The second-order valence-corrected chi connectivity index (χ2v) is 11.5. The van der Waals surface area contributed by atoms with Gasteiger partial charge in [0.15, 0.2) is 0 Å². The molecular weight excluding hydrogens is 514 g/mol. The molecule has 0 saturated heterocycles. The van der Waals surface area contributed by atoms with E-state index >= 15 is 0 Å². The highest BCUT2D eigenvalue weighted by atomic mass is 35.5. The number of halogens is 1. The maximum absolute atomic E-state index is 13.4. The number of amides is 1. The molecule has 1 aliphatic rings. The Morgan fingerprint density at radius 3 is 2.33 bits per heavy atom. The molecule has 0 fully saturated rings. The number of carbonyl (C=O) groups excluding carboxylic acids is 2. The molecule has 1 amide bonds. The first kappa shape index (κ1) is 28.7. The lowest BCUT2D eigenvalue weighted by Gasteiger charge is -2.37. The third-order valence-corrected chi connectivity index (χ3v) is 7.32. The van der Waals surface area contributed by atoms with Crippen LogP contribution in [0.5, 0.6) is 0 Å². The Hall–Kier alpha value is -3.35. The molecule has 0 spiro atoms. The maximum Gasteiger partial charge on any atom is 0.410 e. The predicted molar refractivity (Wildman–Crippen MR) is 153 cm³/mol. The van der Waals surface area contributed by atoms with Gasteiger partial charge in [-0.25, -0.2) is 9.59 Å². The van der Waals surface area contributed by atoms with Crippen LogP contribution in [0.15, 0.2) is 60.7 Å². The number of hydrogen-bond donors (Lipinski definition) is 1. The Labute approximate surface area is 235 Å². The number of carbonyl (C=O) groups is 2. The lowest BCUT2D eigenvalue weighted by Crippen LogP contribution is -2.47. The van der Waals surface area contributed by atoms with Gasteiger partial charge in [0.05, 0.1) is 25.3 Å². The SMILES string of the molecule is COC(=O)c1ccc(-c2ccc3c(c2)CC(N(CC(O)c2ccc(Cl)cc2)C(=O)OC(C)(C)C)CC3)cc1C. The zero-order valence-electron chi connectivity index (χ0n) is 23.2. The molecule has 1 aliphatic carbocycles. The number of esters is 1. The normalized spacial score (nSPS) is 15.7. The van der Waals surface area contributed by atoms with Crippen molar-refractivity contribution in [1.29, 1.82) is 0 Å². The van der Waals surface area contributed by atoms with Crippen molar-refractivity contribution >= 4 is 23.7 Å². The average Bonchev–Trinajstić information content (AvgIpc) is 2.89. The summed E-state index contributed by atoms with van der Waals surface area (Å²) in [7, 11) is 1.38. The van der Waals surface area contributed by atoms with Crippen LogP contribution >= 0.6 is 11.6 Å². The molecular formula is C32H36ClNO5. The molecule has 0 aromatic heterocycles. The standard InChI is InChI=1S/C32H36ClNO5/c1-20-16-23(11-15-28(20)30(36)38-5)24-7-6-21-10-14-27(18-25(21)17-24)34(31(37)39-32(2,3)4)19-29(35)22-8-12-26(33)13-9-22/h6-9,11-13,15-17,27,29,35H,10,14,18-19H2,1-5H3. The molecule has 4 rings (SSSR count). The van der Waals surface area contributed by atoms with Crippen LogP contribution in [0.2, 0.25) is 5.02 Å². The molecule has 2 atom stereocenters. The van der Waals surface area contributed by atoms with Gasteiger partial charge in [0.1, 0.15) is 5.60 Å². The average molecular weight is 550 g/mol. The highest BCUT2D eigenvalue weighted by molar-refractivity contribution is 6.30. The summed E-state index contributed by atoms with van der Waals surface area (Å²) in [6.45, 7) is 7.54. The number of fused-ring (bicyclic) bond motifs is 1. The number of ether oxygens (including phenoxy) is 2. The van der Waals surface area contributed by atoms with Crippen LogP contribution in [0.25, 0.3) is 11.1 Å². The minimum Gasteiger partial charge on any atom is -0.465 e. The van der Waals surface area contributed by atoms with E-state index in [1.54, 1.807) is 35.2 Å². The molecule has 6 nitrogen and oxygen atoms in total. The fourth-order valence-corrected chi connectivity index (χ4v) is 5.16. The highest BCUT2D eigenvalue weighted by Crippen LogP contribution is 2.32. The van der Waals surface area contributed by atoms with Crippen molar-refractivity contribution in [3.63, 3.8) is 0 Å². The van der Waals surface area contributed by atoms with Gasteiger partial charge in [-0.2, -0.15) is 0 Å². The molecule has 7 heteroatoms. The summed E-state index contributed by atoms with van der Waals surface area (Å²) in [5.74, 6) is -0.352. The molecule has 1 N–H and O–H groups in total. The van der Waals surface area contributed by atoms with E-state index < -0.39 is 17.8 Å². The van der Waals surface area contributed by atoms with Crippen LogP contribution in [0, 0.1) is 6.92 Å². The van der Waals surface area contributed by atoms with Crippen LogP contribution in [0.1, 0.15) is 65.9 Å². The van der Waals surface area contributed by atoms with Crippen molar-refractivity contribution in [3.8, 4) is 11.1 Å². The zero-order valence-corrected chi connectivity index (χ0v) is 23.9. The van der Waals surface area contributed by atoms with Gasteiger partial charge >= 0.3 is 12.1 Å². The van der Waals surface area contributed by atoms with E-state index in [9.17, 15) is 14.7 Å². The summed E-state index contributed by atoms with van der Waals surface area (Å²) >= 11 is 6.02. The molecule has 0 aliphatic heterocycles. The van der Waals surface area contributed by atoms with E-state index in [2.05, 4.69) is 18.2 Å². The highest BCUT2D eigenvalue weighted by Gasteiger charge is 2.33. The number of rotatable bonds is 6. The van der Waals surface area contributed by atoms with Crippen LogP contribution < -0.4 is 0 Å². The van der Waals surface area contributed by atoms with E-state index in [0.717, 1.165) is 35.1 Å². The molecule has 0 heterocycles. The Morgan fingerprint density at radius 1 is 1.03 bits per heavy atom. The predicted octanol–water partition coefficient (Wildman–Crippen LogP) is 6.93. The number of methoxy groups -OCH3 is 1. The minimum absolute atomic E-state index is 0.115. The summed E-state index contributed by atoms with van der Waals surface area (Å²) in [4.78, 5) is 27.0. The maximum atomic E-state index is 13.4. The smallest absolute Gasteiger partial charge is 0.410 e. The van der Waals surface area contributed by atoms with Crippen molar-refractivity contribution in [3.05, 3.63) is 93.5 Å². The van der Waals surface area contributed by atoms with Gasteiger partial charge in [-0.1, -0.05) is 54.1 Å². The number of aryl methyl sites for hydroxylation is 2. The van der Waals surface area contributed by atoms with Crippen LogP contribution in [-0.2, 0) is 22.3 Å². The summed E-state index contributed by atoms with van der Waals surface area (Å²) in [6.07, 6.45) is 0.922. The molecule has 0 saturated carbocycles. The topological polar surface area (TPSA) is 76.1 Å². The summed E-state index contributed by atoms with van der Waals surface area (Å²) in [6, 6.07) is 19.0. The number of nitrogens with zero attached hydrogens (tertiary/aromatic N) is 1. The van der Waals surface area contributed by atoms with Crippen molar-refractivity contribution in [2.24, 2.45) is 0 Å². The van der Waals surface area contributed by atoms with Gasteiger partial charge in [0.2, 0.25) is 0 Å². The molecule has 0 bridgehead atoms. The van der Waals surface area contributed by atoms with Gasteiger partial charge in [-0.05, 0) is 98.5 Å². The zero-order chi connectivity index (χ0) is 28.3. The number of benzene rings is 3. The summed E-state index contributed by atoms with van der Waals surface area (Å²) in [5, 5.41) is 11.6. The summed E-state index contributed by atoms with van der Waals surface area (Å²) in [5.41, 5.74) is 5.89. The minimum atomic E-state index is -0.876. The molecule has 39 heavy (non-hydrogen) atoms. The Bertz CT molecular complexity index is 1350. The van der Waals surface area contributed by atoms with Crippen LogP contribution in [0.4, 0.5) is 4.79 Å². The van der Waals surface area contributed by atoms with E-state index in [4.69, 9.17) is 21.1 Å². The molecule has 3 aromatic rings. The first-order chi connectivity index (χ1) is 18.4. The first-order valence-corrected chi connectivity index (χ1v) is 13.6. The van der Waals surface area contributed by atoms with Crippen molar-refractivity contribution in [2.75, 3.05) is 13.7 Å². The van der Waals surface area contributed by atoms with Gasteiger partial charge in [0.25, 0.3) is 0 Å². The number of hydrogen-bond acceptors (Lipinski definition) is 5. The second-order valence-electron chi connectivity index (χ2n) is 11.1. The third-order valence-electron chi connectivity index (χ3n) is 7.07. The van der Waals surface area contributed by atoms with Crippen LogP contribution in [0.3, 0.4) is 0 Å². The second kappa shape index (κ2) is 11.8. The quantitative estimate of drug-likeness (QED) is 0.337. The van der Waals surface area contributed by atoms with Gasteiger partial charge in [-0.3, -0.25) is 0 Å². The Morgan fingerprint density at radius 2 is 1.69 bits per heavy atom. The van der Waals surface area contributed by atoms with Gasteiger partial charge in [0, 0.05) is 11.1 Å². The fourth-order valence-electron chi connectivity index (χ4n) is 5.04. The van der Waals surface area contributed by atoms with Gasteiger partial charge < -0.3 is 19.5 Å². The monoisotopic (exact) mass is 549 g/mol. The van der Waals surface area contributed by atoms with Crippen molar-refractivity contribution in [2.45, 2.75) is 64.7 Å². The molecule has 2 unspecified atom stereocenters. The molecule has 206 valence electrons. The fraction of sp³-hybridized carbons (Fsp3) is 0.375. The van der Waals surface area contributed by atoms with Crippen LogP contribution in [-0.4, -0.2) is 47.4 Å². The lowest BCUT2D eigenvalue weighted by molar-refractivity contribution is 0.00195. The van der Waals surface area contributed by atoms with Crippen molar-refractivity contribution in [1.82, 2.24) is 4.90 Å². The van der Waals surface area contributed by atoms with Crippen molar-refractivity contribution < 1.29 is 24.2 Å². The van der Waals surface area contributed by atoms with E-state index in [1.165, 1.54) is 12.7 Å². The third kappa shape index (κ3) is 7.00.